The molecule has 1 aromatic carbocycles. The maximum atomic E-state index is 13.4. The summed E-state index contributed by atoms with van der Waals surface area (Å²) in [6.07, 6.45) is 7.27. The minimum atomic E-state index is -0.212. The van der Waals surface area contributed by atoms with E-state index in [1.54, 1.807) is 15.6 Å². The lowest BCUT2D eigenvalue weighted by molar-refractivity contribution is 0.102. The summed E-state index contributed by atoms with van der Waals surface area (Å²) in [7, 11) is 1.87. The number of benzene rings is 1. The first kappa shape index (κ1) is 21.6. The number of amides is 1. The summed E-state index contributed by atoms with van der Waals surface area (Å²) in [6.45, 7) is 7.46. The van der Waals surface area contributed by atoms with Crippen molar-refractivity contribution in [2.24, 2.45) is 7.05 Å². The molecule has 0 saturated carbocycles. The average molecular weight is 455 g/mol. The van der Waals surface area contributed by atoms with Gasteiger partial charge in [0.2, 0.25) is 0 Å². The Labute approximate surface area is 197 Å². The van der Waals surface area contributed by atoms with Crippen molar-refractivity contribution in [3.05, 3.63) is 77.6 Å². The Kier molecular flexibility index (Phi) is 5.45. The Morgan fingerprint density at radius 1 is 1.09 bits per heavy atom. The number of aryl methyl sites for hydroxylation is 3. The van der Waals surface area contributed by atoms with Crippen LogP contribution in [0.4, 0.5) is 5.69 Å². The number of fused-ring (bicyclic) bond motifs is 1. The number of para-hydroxylation sites is 1. The molecule has 5 aromatic rings. The third kappa shape index (κ3) is 3.96. The maximum Gasteiger partial charge on any atom is 0.256 e. The van der Waals surface area contributed by atoms with Crippen molar-refractivity contribution in [3.63, 3.8) is 0 Å². The van der Waals surface area contributed by atoms with Crippen LogP contribution >= 0.6 is 0 Å². The third-order valence-corrected chi connectivity index (χ3v) is 5.98. The molecular weight excluding hydrogens is 428 g/mol. The van der Waals surface area contributed by atoms with E-state index in [2.05, 4.69) is 27.5 Å². The Morgan fingerprint density at radius 3 is 2.65 bits per heavy atom. The van der Waals surface area contributed by atoms with Gasteiger partial charge in [-0.25, -0.2) is 4.98 Å². The second kappa shape index (κ2) is 8.58. The Bertz CT molecular complexity index is 1510. The smallest absolute Gasteiger partial charge is 0.256 e. The molecule has 0 atom stereocenters. The Balaban J connectivity index is 1.44. The largest absolute Gasteiger partial charge is 0.319 e. The molecule has 0 aliphatic heterocycles. The van der Waals surface area contributed by atoms with Crippen LogP contribution < -0.4 is 5.32 Å². The molecule has 0 aliphatic rings. The highest BCUT2D eigenvalue weighted by Crippen LogP contribution is 2.27. The van der Waals surface area contributed by atoms with Crippen LogP contribution in [0.15, 0.2) is 55.1 Å². The Morgan fingerprint density at radius 2 is 1.91 bits per heavy atom. The number of anilines is 1. The van der Waals surface area contributed by atoms with Gasteiger partial charge >= 0.3 is 0 Å². The molecule has 34 heavy (non-hydrogen) atoms. The molecule has 9 heteroatoms. The molecule has 0 fully saturated rings. The second-order valence-corrected chi connectivity index (χ2v) is 8.33. The quantitative estimate of drug-likeness (QED) is 0.419. The molecule has 4 heterocycles. The maximum absolute atomic E-state index is 13.4. The van der Waals surface area contributed by atoms with E-state index in [0.717, 1.165) is 40.0 Å². The molecule has 0 spiro atoms. The van der Waals surface area contributed by atoms with E-state index >= 15 is 0 Å². The summed E-state index contributed by atoms with van der Waals surface area (Å²) in [5, 5.41) is 17.0. The molecule has 1 amide bonds. The number of carbonyl (C=O) groups is 1. The Hall–Kier alpha value is -4.27. The van der Waals surface area contributed by atoms with Crippen molar-refractivity contribution in [2.75, 3.05) is 5.32 Å². The number of hydrogen-bond acceptors (Lipinski definition) is 5. The zero-order valence-electron chi connectivity index (χ0n) is 19.6. The number of aromatic nitrogens is 7. The van der Waals surface area contributed by atoms with E-state index in [1.807, 2.05) is 74.5 Å². The highest BCUT2D eigenvalue weighted by Gasteiger charge is 2.17. The van der Waals surface area contributed by atoms with Crippen molar-refractivity contribution < 1.29 is 4.79 Å². The fourth-order valence-corrected chi connectivity index (χ4v) is 4.20. The normalized spacial score (nSPS) is 11.3. The average Bonchev–Trinajstić information content (AvgIpc) is 3.52. The molecule has 0 bridgehead atoms. The standard InChI is InChI=1S/C25H26N8O/c1-5-33-17(3)18(11-27-33)13-32-14-19(12-26-32)28-25(34)21-10-24(22-15-31(4)30-16(22)2)29-23-9-7-6-8-20(21)23/h6-12,14-15H,5,13H2,1-4H3,(H,28,34). The van der Waals surface area contributed by atoms with Gasteiger partial charge in [-0.15, -0.1) is 0 Å². The van der Waals surface area contributed by atoms with Crippen LogP contribution in [0.25, 0.3) is 22.2 Å². The van der Waals surface area contributed by atoms with Crippen molar-refractivity contribution in [3.8, 4) is 11.3 Å². The van der Waals surface area contributed by atoms with Crippen LogP contribution in [0.2, 0.25) is 0 Å². The molecule has 5 rings (SSSR count). The molecule has 9 nitrogen and oxygen atoms in total. The summed E-state index contributed by atoms with van der Waals surface area (Å²) >= 11 is 0. The fourth-order valence-electron chi connectivity index (χ4n) is 4.20. The van der Waals surface area contributed by atoms with Gasteiger partial charge in [0.1, 0.15) is 0 Å². The number of rotatable bonds is 6. The number of hydrogen-bond donors (Lipinski definition) is 1. The molecular formula is C25H26N8O. The topological polar surface area (TPSA) is 95.5 Å². The lowest BCUT2D eigenvalue weighted by Gasteiger charge is -2.09. The second-order valence-electron chi connectivity index (χ2n) is 8.33. The van der Waals surface area contributed by atoms with E-state index in [-0.39, 0.29) is 5.91 Å². The number of nitrogens with one attached hydrogen (secondary N) is 1. The first-order chi connectivity index (χ1) is 16.4. The van der Waals surface area contributed by atoms with Gasteiger partial charge < -0.3 is 5.32 Å². The highest BCUT2D eigenvalue weighted by atomic mass is 16.1. The van der Waals surface area contributed by atoms with Gasteiger partial charge in [0.25, 0.3) is 5.91 Å². The molecule has 4 aromatic heterocycles. The summed E-state index contributed by atoms with van der Waals surface area (Å²) < 4.78 is 5.51. The van der Waals surface area contributed by atoms with Crippen LogP contribution in [0.1, 0.15) is 34.2 Å². The number of nitrogens with zero attached hydrogens (tertiary/aromatic N) is 7. The summed E-state index contributed by atoms with van der Waals surface area (Å²) in [5.74, 6) is -0.212. The molecule has 0 unspecified atom stereocenters. The van der Waals surface area contributed by atoms with Crippen LogP contribution in [-0.2, 0) is 20.1 Å². The lowest BCUT2D eigenvalue weighted by atomic mass is 10.0. The first-order valence-corrected chi connectivity index (χ1v) is 11.2. The van der Waals surface area contributed by atoms with Crippen molar-refractivity contribution in [1.29, 1.82) is 0 Å². The van der Waals surface area contributed by atoms with E-state index in [0.29, 0.717) is 23.5 Å². The predicted octanol–water partition coefficient (Wildman–Crippen LogP) is 3.97. The SMILES string of the molecule is CCn1ncc(Cn2cc(NC(=O)c3cc(-c4cn(C)nc4C)nc4ccccc34)cn2)c1C. The molecule has 0 saturated heterocycles. The molecule has 0 aliphatic carbocycles. The minimum Gasteiger partial charge on any atom is -0.319 e. The zero-order chi connectivity index (χ0) is 23.8. The fraction of sp³-hybridized carbons (Fsp3) is 0.240. The third-order valence-electron chi connectivity index (χ3n) is 5.98. The van der Waals surface area contributed by atoms with Crippen LogP contribution in [0.5, 0.6) is 0 Å². The summed E-state index contributed by atoms with van der Waals surface area (Å²) in [4.78, 5) is 18.1. The summed E-state index contributed by atoms with van der Waals surface area (Å²) in [6, 6.07) is 9.48. The summed E-state index contributed by atoms with van der Waals surface area (Å²) in [5.41, 5.74) is 6.63. The van der Waals surface area contributed by atoms with Crippen molar-refractivity contribution in [1.82, 2.24) is 34.3 Å². The molecule has 172 valence electrons. The van der Waals surface area contributed by atoms with Gasteiger partial charge in [-0.2, -0.15) is 15.3 Å². The van der Waals surface area contributed by atoms with Gasteiger partial charge in [-0.1, -0.05) is 18.2 Å². The van der Waals surface area contributed by atoms with Gasteiger partial charge in [-0.05, 0) is 32.9 Å². The van der Waals surface area contributed by atoms with E-state index in [4.69, 9.17) is 4.98 Å². The van der Waals surface area contributed by atoms with E-state index in [9.17, 15) is 4.79 Å². The highest BCUT2D eigenvalue weighted by molar-refractivity contribution is 6.13. The predicted molar refractivity (Wildman–Crippen MR) is 131 cm³/mol. The monoisotopic (exact) mass is 454 g/mol. The number of carbonyl (C=O) groups excluding carboxylic acids is 1. The number of pyridine rings is 1. The zero-order valence-corrected chi connectivity index (χ0v) is 19.6. The van der Waals surface area contributed by atoms with E-state index in [1.165, 1.54) is 0 Å². The van der Waals surface area contributed by atoms with Crippen LogP contribution in [0.3, 0.4) is 0 Å². The first-order valence-electron chi connectivity index (χ1n) is 11.2. The van der Waals surface area contributed by atoms with Crippen molar-refractivity contribution >= 4 is 22.5 Å². The lowest BCUT2D eigenvalue weighted by Crippen LogP contribution is -2.13. The molecule has 1 N–H and O–H groups in total. The minimum absolute atomic E-state index is 0.212. The van der Waals surface area contributed by atoms with Crippen LogP contribution in [0, 0.1) is 13.8 Å². The van der Waals surface area contributed by atoms with Crippen LogP contribution in [-0.4, -0.2) is 40.2 Å². The van der Waals surface area contributed by atoms with Gasteiger partial charge in [0.05, 0.1) is 47.1 Å². The van der Waals surface area contributed by atoms with Gasteiger partial charge in [0, 0.05) is 48.2 Å². The van der Waals surface area contributed by atoms with E-state index < -0.39 is 0 Å². The molecule has 0 radical (unpaired) electrons. The van der Waals surface area contributed by atoms with Gasteiger partial charge in [0.15, 0.2) is 0 Å². The van der Waals surface area contributed by atoms with Crippen molar-refractivity contribution in [2.45, 2.75) is 33.9 Å². The van der Waals surface area contributed by atoms with Gasteiger partial charge in [-0.3, -0.25) is 18.8 Å².